The first-order chi connectivity index (χ1) is 9.28. The van der Waals surface area contributed by atoms with Crippen LogP contribution in [0.1, 0.15) is 23.9 Å². The molecule has 1 aromatic rings. The maximum absolute atomic E-state index is 12.4. The number of likely N-dealkylation sites (N-methyl/N-ethyl adjacent to an activating group) is 1. The molecule has 8 heteroatoms. The molecule has 1 heterocycles. The number of furan rings is 1. The first-order valence-electron chi connectivity index (χ1n) is 6.27. The van der Waals surface area contributed by atoms with Crippen LogP contribution in [0.5, 0.6) is 0 Å². The van der Waals surface area contributed by atoms with Crippen LogP contribution in [0.15, 0.2) is 21.6 Å². The number of rotatable bonds is 8. The summed E-state index contributed by atoms with van der Waals surface area (Å²) < 4.78 is 31.0. The molecule has 114 valence electrons. The molecule has 0 aliphatic rings. The summed E-state index contributed by atoms with van der Waals surface area (Å²) in [6.45, 7) is 3.14. The van der Waals surface area contributed by atoms with Gasteiger partial charge in [0.1, 0.15) is 0 Å². The lowest BCUT2D eigenvalue weighted by atomic mass is 10.4. The summed E-state index contributed by atoms with van der Waals surface area (Å²) in [5, 5.41) is 8.44. The second-order valence-corrected chi connectivity index (χ2v) is 6.50. The summed E-state index contributed by atoms with van der Waals surface area (Å²) in [5.74, 6) is -1.67. The Bertz CT molecular complexity index is 550. The van der Waals surface area contributed by atoms with Crippen LogP contribution < -0.4 is 0 Å². The minimum atomic E-state index is -3.79. The molecule has 0 saturated heterocycles. The van der Waals surface area contributed by atoms with Crippen molar-refractivity contribution < 1.29 is 22.7 Å². The van der Waals surface area contributed by atoms with Gasteiger partial charge in [0.2, 0.25) is 10.9 Å². The van der Waals surface area contributed by atoms with Gasteiger partial charge in [-0.3, -0.25) is 0 Å². The highest BCUT2D eigenvalue weighted by Gasteiger charge is 2.28. The molecular formula is C12H20N2O5S. The van der Waals surface area contributed by atoms with Gasteiger partial charge in [0, 0.05) is 19.6 Å². The fourth-order valence-electron chi connectivity index (χ4n) is 1.61. The summed E-state index contributed by atoms with van der Waals surface area (Å²) in [6, 6.07) is 2.32. The van der Waals surface area contributed by atoms with Crippen molar-refractivity contribution in [2.75, 3.05) is 33.7 Å². The SMILES string of the molecule is CCCN(CCN(C)C)S(=O)(=O)c1ccc(C(=O)O)o1. The number of sulfonamides is 1. The van der Waals surface area contributed by atoms with Crippen LogP contribution in [0, 0.1) is 0 Å². The fourth-order valence-corrected chi connectivity index (χ4v) is 3.05. The Balaban J connectivity index is 2.98. The molecule has 0 saturated carbocycles. The summed E-state index contributed by atoms with van der Waals surface area (Å²) in [5.41, 5.74) is 0. The predicted octanol–water partition coefficient (Wildman–Crippen LogP) is 0.940. The Morgan fingerprint density at radius 1 is 1.25 bits per heavy atom. The van der Waals surface area contributed by atoms with Gasteiger partial charge in [-0.1, -0.05) is 6.92 Å². The Morgan fingerprint density at radius 3 is 2.35 bits per heavy atom. The molecule has 0 bridgehead atoms. The van der Waals surface area contributed by atoms with Crippen molar-refractivity contribution >= 4 is 16.0 Å². The number of carbonyl (C=O) groups is 1. The van der Waals surface area contributed by atoms with Crippen LogP contribution in [0.2, 0.25) is 0 Å². The van der Waals surface area contributed by atoms with Gasteiger partial charge in [-0.15, -0.1) is 0 Å². The van der Waals surface area contributed by atoms with Gasteiger partial charge in [0.15, 0.2) is 0 Å². The first kappa shape index (κ1) is 16.7. The fraction of sp³-hybridized carbons (Fsp3) is 0.583. The zero-order chi connectivity index (χ0) is 15.3. The molecule has 7 nitrogen and oxygen atoms in total. The van der Waals surface area contributed by atoms with Crippen LogP contribution in [-0.2, 0) is 10.0 Å². The molecular weight excluding hydrogens is 284 g/mol. The highest BCUT2D eigenvalue weighted by Crippen LogP contribution is 2.19. The van der Waals surface area contributed by atoms with E-state index in [-0.39, 0.29) is 10.9 Å². The van der Waals surface area contributed by atoms with E-state index in [0.717, 1.165) is 6.07 Å². The average Bonchev–Trinajstić information content (AvgIpc) is 2.84. The van der Waals surface area contributed by atoms with Crippen LogP contribution in [-0.4, -0.2) is 62.4 Å². The predicted molar refractivity (Wildman–Crippen MR) is 73.3 cm³/mol. The molecule has 0 spiro atoms. The molecule has 0 fully saturated rings. The van der Waals surface area contributed by atoms with E-state index in [4.69, 9.17) is 9.52 Å². The zero-order valence-electron chi connectivity index (χ0n) is 11.9. The minimum Gasteiger partial charge on any atom is -0.475 e. The van der Waals surface area contributed by atoms with Crippen LogP contribution in [0.4, 0.5) is 0 Å². The van der Waals surface area contributed by atoms with Gasteiger partial charge in [-0.2, -0.15) is 4.31 Å². The Kier molecular flexibility index (Phi) is 5.73. The van der Waals surface area contributed by atoms with Crippen molar-refractivity contribution in [2.45, 2.75) is 18.4 Å². The molecule has 0 atom stereocenters. The number of aromatic carboxylic acids is 1. The lowest BCUT2D eigenvalue weighted by Crippen LogP contribution is -2.37. The summed E-state index contributed by atoms with van der Waals surface area (Å²) in [7, 11) is -0.0882. The van der Waals surface area contributed by atoms with Gasteiger partial charge in [-0.05, 0) is 32.6 Å². The summed E-state index contributed by atoms with van der Waals surface area (Å²) in [6.07, 6.45) is 0.666. The van der Waals surface area contributed by atoms with Crippen LogP contribution in [0.25, 0.3) is 0 Å². The standard InChI is InChI=1S/C12H20N2O5S/c1-4-7-14(9-8-13(2)3)20(17,18)11-6-5-10(19-11)12(15)16/h5-6H,4,7-9H2,1-3H3,(H,15,16). The van der Waals surface area contributed by atoms with Crippen molar-refractivity contribution in [3.8, 4) is 0 Å². The third kappa shape index (κ3) is 4.06. The first-order valence-corrected chi connectivity index (χ1v) is 7.71. The maximum atomic E-state index is 12.4. The molecule has 0 aliphatic carbocycles. The van der Waals surface area contributed by atoms with Gasteiger partial charge in [0.05, 0.1) is 0 Å². The van der Waals surface area contributed by atoms with Gasteiger partial charge in [0.25, 0.3) is 10.0 Å². The molecule has 20 heavy (non-hydrogen) atoms. The minimum absolute atomic E-state index is 0.326. The Hall–Kier alpha value is -1.38. The Labute approximate surface area is 118 Å². The third-order valence-electron chi connectivity index (χ3n) is 2.66. The van der Waals surface area contributed by atoms with E-state index in [0.29, 0.717) is 26.1 Å². The van der Waals surface area contributed by atoms with E-state index in [1.54, 1.807) is 0 Å². The van der Waals surface area contributed by atoms with E-state index in [2.05, 4.69) is 0 Å². The number of carboxylic acids is 1. The number of nitrogens with zero attached hydrogens (tertiary/aromatic N) is 2. The molecule has 1 rings (SSSR count). The van der Waals surface area contributed by atoms with Gasteiger partial charge < -0.3 is 14.4 Å². The molecule has 1 N–H and O–H groups in total. The molecule has 0 unspecified atom stereocenters. The second kappa shape index (κ2) is 6.87. The third-order valence-corrected chi connectivity index (χ3v) is 4.43. The van der Waals surface area contributed by atoms with Crippen molar-refractivity contribution in [1.82, 2.24) is 9.21 Å². The lowest BCUT2D eigenvalue weighted by molar-refractivity contribution is 0.0656. The van der Waals surface area contributed by atoms with E-state index >= 15 is 0 Å². The number of carboxylic acid groups (broad SMARTS) is 1. The highest BCUT2D eigenvalue weighted by atomic mass is 32.2. The molecule has 0 aromatic carbocycles. The smallest absolute Gasteiger partial charge is 0.371 e. The quantitative estimate of drug-likeness (QED) is 0.768. The van der Waals surface area contributed by atoms with Gasteiger partial charge >= 0.3 is 5.97 Å². The highest BCUT2D eigenvalue weighted by molar-refractivity contribution is 7.89. The van der Waals surface area contributed by atoms with Crippen molar-refractivity contribution in [2.24, 2.45) is 0 Å². The topological polar surface area (TPSA) is 91.1 Å². The summed E-state index contributed by atoms with van der Waals surface area (Å²) >= 11 is 0. The normalized spacial score (nSPS) is 12.2. The van der Waals surface area contributed by atoms with Crippen LogP contribution in [0.3, 0.4) is 0 Å². The number of hydrogen-bond donors (Lipinski definition) is 1. The average molecular weight is 304 g/mol. The largest absolute Gasteiger partial charge is 0.475 e. The summed E-state index contributed by atoms with van der Waals surface area (Å²) in [4.78, 5) is 12.6. The molecule has 0 amide bonds. The Morgan fingerprint density at radius 2 is 1.90 bits per heavy atom. The van der Waals surface area contributed by atoms with E-state index in [1.807, 2.05) is 25.9 Å². The molecule has 0 radical (unpaired) electrons. The van der Waals surface area contributed by atoms with E-state index in [9.17, 15) is 13.2 Å². The van der Waals surface area contributed by atoms with Crippen molar-refractivity contribution in [1.29, 1.82) is 0 Å². The van der Waals surface area contributed by atoms with Crippen LogP contribution >= 0.6 is 0 Å². The monoisotopic (exact) mass is 304 g/mol. The van der Waals surface area contributed by atoms with Crippen molar-refractivity contribution in [3.63, 3.8) is 0 Å². The second-order valence-electron chi connectivity index (χ2n) is 4.63. The number of hydrogen-bond acceptors (Lipinski definition) is 5. The maximum Gasteiger partial charge on any atom is 0.371 e. The molecule has 0 aliphatic heterocycles. The zero-order valence-corrected chi connectivity index (χ0v) is 12.7. The van der Waals surface area contributed by atoms with Crippen molar-refractivity contribution in [3.05, 3.63) is 17.9 Å². The molecule has 1 aromatic heterocycles. The van der Waals surface area contributed by atoms with E-state index < -0.39 is 16.0 Å². The van der Waals surface area contributed by atoms with Gasteiger partial charge in [-0.25, -0.2) is 13.2 Å². The van der Waals surface area contributed by atoms with E-state index in [1.165, 1.54) is 10.4 Å². The lowest BCUT2D eigenvalue weighted by Gasteiger charge is -2.22.